The number of carbonyl (C=O) groups excluding carboxylic acids is 1. The molecule has 2 heterocycles. The van der Waals surface area contributed by atoms with E-state index in [1.54, 1.807) is 4.57 Å². The standard InChI is InChI=1S/C27H30N2O3/c30-25-23(20-12-16-28-17-13-20)18-21-8-4-5-11-24(21)29(25)19-32-26(31)27(14-6-7-15-27)22-9-2-1-3-10-22/h1-5,8-11,18,20,28H,6-7,12-17,19H2. The monoisotopic (exact) mass is 430 g/mol. The van der Waals surface area contributed by atoms with Crippen LogP contribution in [0.5, 0.6) is 0 Å². The van der Waals surface area contributed by atoms with E-state index in [1.165, 1.54) is 0 Å². The van der Waals surface area contributed by atoms with Gasteiger partial charge in [0.2, 0.25) is 0 Å². The number of rotatable bonds is 5. The molecule has 0 spiro atoms. The minimum absolute atomic E-state index is 0.0383. The van der Waals surface area contributed by atoms with Crippen molar-refractivity contribution in [3.05, 3.63) is 82.1 Å². The summed E-state index contributed by atoms with van der Waals surface area (Å²) in [6.07, 6.45) is 5.51. The Kier molecular flexibility index (Phi) is 5.83. The molecule has 0 radical (unpaired) electrons. The smallest absolute Gasteiger partial charge is 0.318 e. The van der Waals surface area contributed by atoms with Crippen LogP contribution in [0.3, 0.4) is 0 Å². The highest BCUT2D eigenvalue weighted by Crippen LogP contribution is 2.42. The number of aromatic nitrogens is 1. The summed E-state index contributed by atoms with van der Waals surface area (Å²) in [4.78, 5) is 26.9. The molecule has 0 amide bonds. The SMILES string of the molecule is O=C(OCn1c(=O)c(C2CCNCC2)cc2ccccc21)C1(c2ccccc2)CCCC1. The Morgan fingerprint density at radius 2 is 1.69 bits per heavy atom. The van der Waals surface area contributed by atoms with E-state index in [1.807, 2.05) is 60.7 Å². The van der Waals surface area contributed by atoms with Crippen LogP contribution in [0, 0.1) is 0 Å². The van der Waals surface area contributed by atoms with Crippen LogP contribution < -0.4 is 10.9 Å². The van der Waals surface area contributed by atoms with Gasteiger partial charge in [0.25, 0.3) is 5.56 Å². The van der Waals surface area contributed by atoms with Crippen molar-refractivity contribution in [1.29, 1.82) is 0 Å². The van der Waals surface area contributed by atoms with Crippen molar-refractivity contribution >= 4 is 16.9 Å². The zero-order valence-electron chi connectivity index (χ0n) is 18.4. The molecule has 0 unspecified atom stereocenters. The van der Waals surface area contributed by atoms with E-state index in [2.05, 4.69) is 5.32 Å². The van der Waals surface area contributed by atoms with Gasteiger partial charge in [0.05, 0.1) is 10.9 Å². The number of para-hydroxylation sites is 1. The van der Waals surface area contributed by atoms with E-state index in [0.29, 0.717) is 0 Å². The van der Waals surface area contributed by atoms with Gasteiger partial charge in [0.1, 0.15) is 0 Å². The molecule has 1 saturated heterocycles. The van der Waals surface area contributed by atoms with Crippen LogP contribution in [-0.4, -0.2) is 23.6 Å². The fraction of sp³-hybridized carbons (Fsp3) is 0.407. The largest absolute Gasteiger partial charge is 0.443 e. The Morgan fingerprint density at radius 1 is 1.00 bits per heavy atom. The van der Waals surface area contributed by atoms with Gasteiger partial charge in [-0.3, -0.25) is 14.2 Å². The number of carbonyl (C=O) groups is 1. The number of fused-ring (bicyclic) bond motifs is 1. The Morgan fingerprint density at radius 3 is 2.44 bits per heavy atom. The third-order valence-electron chi connectivity index (χ3n) is 7.31. The first kappa shape index (κ1) is 21.0. The zero-order chi connectivity index (χ0) is 22.0. The van der Waals surface area contributed by atoms with Gasteiger partial charge in [-0.25, -0.2) is 0 Å². The lowest BCUT2D eigenvalue weighted by molar-refractivity contribution is -0.154. The van der Waals surface area contributed by atoms with E-state index < -0.39 is 5.41 Å². The number of hydrogen-bond donors (Lipinski definition) is 1. The molecule has 2 aromatic carbocycles. The minimum atomic E-state index is -0.604. The zero-order valence-corrected chi connectivity index (χ0v) is 18.4. The van der Waals surface area contributed by atoms with Gasteiger partial charge >= 0.3 is 5.97 Å². The van der Waals surface area contributed by atoms with Crippen LogP contribution in [0.1, 0.15) is 55.6 Å². The summed E-state index contributed by atoms with van der Waals surface area (Å²) in [7, 11) is 0. The molecule has 2 aliphatic rings. The maximum absolute atomic E-state index is 13.5. The molecule has 32 heavy (non-hydrogen) atoms. The van der Waals surface area contributed by atoms with E-state index in [-0.39, 0.29) is 24.2 Å². The van der Waals surface area contributed by atoms with Crippen molar-refractivity contribution in [3.63, 3.8) is 0 Å². The van der Waals surface area contributed by atoms with Gasteiger partial charge in [-0.2, -0.15) is 0 Å². The summed E-state index contributed by atoms with van der Waals surface area (Å²) in [6.45, 7) is 1.79. The van der Waals surface area contributed by atoms with Gasteiger partial charge in [0.15, 0.2) is 6.73 Å². The number of hydrogen-bond acceptors (Lipinski definition) is 4. The number of nitrogens with zero attached hydrogens (tertiary/aromatic N) is 1. The quantitative estimate of drug-likeness (QED) is 0.606. The van der Waals surface area contributed by atoms with Gasteiger partial charge in [-0.15, -0.1) is 0 Å². The Labute approximate surface area is 188 Å². The first-order chi connectivity index (χ1) is 15.7. The molecule has 3 aromatic rings. The fourth-order valence-electron chi connectivity index (χ4n) is 5.51. The molecule has 5 nitrogen and oxygen atoms in total. The molecule has 2 fully saturated rings. The van der Waals surface area contributed by atoms with Crippen LogP contribution in [0.15, 0.2) is 65.5 Å². The van der Waals surface area contributed by atoms with Crippen molar-refractivity contribution in [2.75, 3.05) is 13.1 Å². The maximum Gasteiger partial charge on any atom is 0.318 e. The second-order valence-electron chi connectivity index (χ2n) is 9.13. The van der Waals surface area contributed by atoms with E-state index in [4.69, 9.17) is 4.74 Å². The van der Waals surface area contributed by atoms with Gasteiger partial charge in [-0.1, -0.05) is 61.4 Å². The third kappa shape index (κ3) is 3.75. The summed E-state index contributed by atoms with van der Waals surface area (Å²) in [6, 6.07) is 19.9. The number of ether oxygens (including phenoxy) is 1. The summed E-state index contributed by atoms with van der Waals surface area (Å²) >= 11 is 0. The number of esters is 1. The number of nitrogens with one attached hydrogen (secondary N) is 1. The van der Waals surface area contributed by atoms with Crippen molar-refractivity contribution in [2.45, 2.75) is 56.6 Å². The highest BCUT2D eigenvalue weighted by atomic mass is 16.5. The van der Waals surface area contributed by atoms with E-state index in [9.17, 15) is 9.59 Å². The van der Waals surface area contributed by atoms with Crippen LogP contribution in [0.4, 0.5) is 0 Å². The number of benzene rings is 2. The molecule has 1 saturated carbocycles. The molecule has 166 valence electrons. The second kappa shape index (κ2) is 8.91. The molecule has 0 bridgehead atoms. The molecule has 5 heteroatoms. The molecule has 1 N–H and O–H groups in total. The second-order valence-corrected chi connectivity index (χ2v) is 9.13. The normalized spacial score (nSPS) is 18.6. The molecule has 1 aromatic heterocycles. The van der Waals surface area contributed by atoms with Gasteiger partial charge in [0, 0.05) is 5.56 Å². The van der Waals surface area contributed by atoms with Gasteiger partial charge in [-0.05, 0) is 67.8 Å². The van der Waals surface area contributed by atoms with Crippen LogP contribution in [0.2, 0.25) is 0 Å². The van der Waals surface area contributed by atoms with Crippen LogP contribution in [0.25, 0.3) is 10.9 Å². The van der Waals surface area contributed by atoms with Crippen LogP contribution >= 0.6 is 0 Å². The highest BCUT2D eigenvalue weighted by molar-refractivity contribution is 5.84. The Bertz CT molecular complexity index is 1160. The summed E-state index contributed by atoms with van der Waals surface area (Å²) in [5.41, 5.74) is 2.02. The predicted molar refractivity (Wildman–Crippen MR) is 126 cm³/mol. The average molecular weight is 431 g/mol. The Hall–Kier alpha value is -2.92. The summed E-state index contributed by atoms with van der Waals surface area (Å²) in [5, 5.41) is 4.38. The number of piperidine rings is 1. The molecule has 1 aliphatic carbocycles. The van der Waals surface area contributed by atoms with Crippen molar-refractivity contribution in [2.24, 2.45) is 0 Å². The van der Waals surface area contributed by atoms with E-state index in [0.717, 1.165) is 73.6 Å². The minimum Gasteiger partial charge on any atom is -0.443 e. The fourth-order valence-corrected chi connectivity index (χ4v) is 5.51. The predicted octanol–water partition coefficient (Wildman–Crippen LogP) is 4.48. The molecular weight excluding hydrogens is 400 g/mol. The summed E-state index contributed by atoms with van der Waals surface area (Å²) < 4.78 is 7.56. The Balaban J connectivity index is 1.48. The van der Waals surface area contributed by atoms with Crippen LogP contribution in [-0.2, 0) is 21.7 Å². The first-order valence-corrected chi connectivity index (χ1v) is 11.7. The lowest BCUT2D eigenvalue weighted by Gasteiger charge is -2.28. The van der Waals surface area contributed by atoms with Crippen molar-refractivity contribution < 1.29 is 9.53 Å². The van der Waals surface area contributed by atoms with Crippen molar-refractivity contribution in [3.8, 4) is 0 Å². The first-order valence-electron chi connectivity index (χ1n) is 11.7. The summed E-state index contributed by atoms with van der Waals surface area (Å²) in [5.74, 6) is 0.0188. The lowest BCUT2D eigenvalue weighted by atomic mass is 9.79. The van der Waals surface area contributed by atoms with E-state index >= 15 is 0 Å². The number of pyridine rings is 1. The molecule has 0 atom stereocenters. The maximum atomic E-state index is 13.5. The average Bonchev–Trinajstić information content (AvgIpc) is 3.35. The molecular formula is C27H30N2O3. The van der Waals surface area contributed by atoms with Gasteiger partial charge < -0.3 is 10.1 Å². The van der Waals surface area contributed by atoms with Crippen molar-refractivity contribution in [1.82, 2.24) is 9.88 Å². The molecule has 5 rings (SSSR count). The third-order valence-corrected chi connectivity index (χ3v) is 7.31. The lowest BCUT2D eigenvalue weighted by Crippen LogP contribution is -2.37. The highest BCUT2D eigenvalue weighted by Gasteiger charge is 2.44. The topological polar surface area (TPSA) is 60.3 Å². The molecule has 1 aliphatic heterocycles.